The quantitative estimate of drug-likeness (QED) is 0.869. The Morgan fingerprint density at radius 1 is 1.35 bits per heavy atom. The molecule has 1 fully saturated rings. The highest BCUT2D eigenvalue weighted by molar-refractivity contribution is 4.83. The standard InChI is InChI=1S/C14H25N3/c1-11-4-5-14(8-12(11)2)16-13(3)9-17-7-6-15-10-17/h6-7,10-14,16H,4-5,8-9H2,1-3H3. The summed E-state index contributed by atoms with van der Waals surface area (Å²) < 4.78 is 2.15. The third-order valence-corrected chi connectivity index (χ3v) is 4.16. The summed E-state index contributed by atoms with van der Waals surface area (Å²) in [7, 11) is 0. The molecule has 0 spiro atoms. The van der Waals surface area contributed by atoms with E-state index < -0.39 is 0 Å². The van der Waals surface area contributed by atoms with Gasteiger partial charge in [0.15, 0.2) is 0 Å². The highest BCUT2D eigenvalue weighted by atomic mass is 15.1. The number of nitrogens with one attached hydrogen (secondary N) is 1. The molecule has 0 aromatic carbocycles. The van der Waals surface area contributed by atoms with Crippen molar-refractivity contribution >= 4 is 0 Å². The maximum Gasteiger partial charge on any atom is 0.0946 e. The van der Waals surface area contributed by atoms with Crippen molar-refractivity contribution in [1.29, 1.82) is 0 Å². The zero-order chi connectivity index (χ0) is 12.3. The second-order valence-corrected chi connectivity index (χ2v) is 5.79. The van der Waals surface area contributed by atoms with Gasteiger partial charge in [-0.25, -0.2) is 4.98 Å². The third-order valence-electron chi connectivity index (χ3n) is 4.16. The molecular formula is C14H25N3. The van der Waals surface area contributed by atoms with Crippen LogP contribution in [0.15, 0.2) is 18.7 Å². The Morgan fingerprint density at radius 3 is 2.82 bits per heavy atom. The zero-order valence-corrected chi connectivity index (χ0v) is 11.3. The second kappa shape index (κ2) is 5.67. The van der Waals surface area contributed by atoms with E-state index in [9.17, 15) is 0 Å². The Kier molecular flexibility index (Phi) is 4.21. The van der Waals surface area contributed by atoms with Crippen LogP contribution in [0.25, 0.3) is 0 Å². The molecule has 1 aromatic heterocycles. The van der Waals surface area contributed by atoms with Crippen molar-refractivity contribution in [2.45, 2.75) is 58.7 Å². The third kappa shape index (κ3) is 3.56. The molecule has 1 aromatic rings. The highest BCUT2D eigenvalue weighted by Crippen LogP contribution is 2.29. The summed E-state index contributed by atoms with van der Waals surface area (Å²) in [5, 5.41) is 3.76. The first-order valence-corrected chi connectivity index (χ1v) is 6.87. The van der Waals surface area contributed by atoms with E-state index in [4.69, 9.17) is 0 Å². The average Bonchev–Trinajstić information content (AvgIpc) is 2.76. The molecule has 96 valence electrons. The van der Waals surface area contributed by atoms with Gasteiger partial charge < -0.3 is 9.88 Å². The van der Waals surface area contributed by atoms with Crippen LogP contribution in [0.2, 0.25) is 0 Å². The van der Waals surface area contributed by atoms with Crippen LogP contribution < -0.4 is 5.32 Å². The molecule has 1 saturated carbocycles. The first-order chi connectivity index (χ1) is 8.15. The lowest BCUT2D eigenvalue weighted by atomic mass is 9.79. The Bertz CT molecular complexity index is 320. The smallest absolute Gasteiger partial charge is 0.0946 e. The summed E-state index contributed by atoms with van der Waals surface area (Å²) >= 11 is 0. The van der Waals surface area contributed by atoms with Crippen molar-refractivity contribution in [3.63, 3.8) is 0 Å². The number of aromatic nitrogens is 2. The first-order valence-electron chi connectivity index (χ1n) is 6.87. The minimum atomic E-state index is 0.523. The Hall–Kier alpha value is -0.830. The van der Waals surface area contributed by atoms with Crippen LogP contribution in [0.4, 0.5) is 0 Å². The molecule has 3 heteroatoms. The monoisotopic (exact) mass is 235 g/mol. The van der Waals surface area contributed by atoms with Gasteiger partial charge >= 0.3 is 0 Å². The van der Waals surface area contributed by atoms with Gasteiger partial charge in [0.05, 0.1) is 6.33 Å². The Balaban J connectivity index is 1.77. The van der Waals surface area contributed by atoms with Crippen molar-refractivity contribution in [2.75, 3.05) is 0 Å². The van der Waals surface area contributed by atoms with Gasteiger partial charge in [-0.05, 0) is 38.0 Å². The molecule has 1 aliphatic rings. The zero-order valence-electron chi connectivity index (χ0n) is 11.3. The molecule has 0 saturated heterocycles. The number of hydrogen-bond donors (Lipinski definition) is 1. The molecular weight excluding hydrogens is 210 g/mol. The molecule has 0 radical (unpaired) electrons. The van der Waals surface area contributed by atoms with Gasteiger partial charge in [-0.15, -0.1) is 0 Å². The number of nitrogens with zero attached hydrogens (tertiary/aromatic N) is 2. The molecule has 1 heterocycles. The van der Waals surface area contributed by atoms with Crippen molar-refractivity contribution in [3.05, 3.63) is 18.7 Å². The molecule has 0 bridgehead atoms. The lowest BCUT2D eigenvalue weighted by molar-refractivity contribution is 0.213. The minimum absolute atomic E-state index is 0.523. The van der Waals surface area contributed by atoms with Crippen molar-refractivity contribution < 1.29 is 0 Å². The number of rotatable bonds is 4. The van der Waals surface area contributed by atoms with E-state index in [1.807, 2.05) is 18.7 Å². The molecule has 1 N–H and O–H groups in total. The fraction of sp³-hybridized carbons (Fsp3) is 0.786. The fourth-order valence-corrected chi connectivity index (χ4v) is 2.86. The van der Waals surface area contributed by atoms with Crippen LogP contribution in [0.3, 0.4) is 0 Å². The van der Waals surface area contributed by atoms with Gasteiger partial charge in [-0.1, -0.05) is 13.8 Å². The van der Waals surface area contributed by atoms with E-state index in [0.29, 0.717) is 12.1 Å². The number of imidazole rings is 1. The van der Waals surface area contributed by atoms with Crippen LogP contribution >= 0.6 is 0 Å². The lowest BCUT2D eigenvalue weighted by Crippen LogP contribution is -2.42. The van der Waals surface area contributed by atoms with E-state index in [1.54, 1.807) is 0 Å². The maximum absolute atomic E-state index is 4.08. The van der Waals surface area contributed by atoms with Crippen LogP contribution in [-0.2, 0) is 6.54 Å². The van der Waals surface area contributed by atoms with E-state index in [1.165, 1.54) is 19.3 Å². The average molecular weight is 235 g/mol. The van der Waals surface area contributed by atoms with Crippen molar-refractivity contribution in [1.82, 2.24) is 14.9 Å². The van der Waals surface area contributed by atoms with Gasteiger partial charge in [0.2, 0.25) is 0 Å². The van der Waals surface area contributed by atoms with Crippen LogP contribution in [0, 0.1) is 11.8 Å². The van der Waals surface area contributed by atoms with Gasteiger partial charge in [0.1, 0.15) is 0 Å². The predicted octanol–water partition coefficient (Wildman–Crippen LogP) is 2.69. The summed E-state index contributed by atoms with van der Waals surface area (Å²) in [4.78, 5) is 4.08. The molecule has 1 aliphatic carbocycles. The van der Waals surface area contributed by atoms with Gasteiger partial charge in [-0.2, -0.15) is 0 Å². The molecule has 4 unspecified atom stereocenters. The van der Waals surface area contributed by atoms with Gasteiger partial charge in [-0.3, -0.25) is 0 Å². The van der Waals surface area contributed by atoms with Crippen LogP contribution in [-0.4, -0.2) is 21.6 Å². The first kappa shape index (κ1) is 12.6. The largest absolute Gasteiger partial charge is 0.336 e. The molecule has 3 nitrogen and oxygen atoms in total. The lowest BCUT2D eigenvalue weighted by Gasteiger charge is -2.34. The van der Waals surface area contributed by atoms with Crippen molar-refractivity contribution in [3.8, 4) is 0 Å². The topological polar surface area (TPSA) is 29.9 Å². The minimum Gasteiger partial charge on any atom is -0.336 e. The van der Waals surface area contributed by atoms with Gasteiger partial charge in [0.25, 0.3) is 0 Å². The van der Waals surface area contributed by atoms with E-state index >= 15 is 0 Å². The van der Waals surface area contributed by atoms with Crippen LogP contribution in [0.5, 0.6) is 0 Å². The molecule has 2 rings (SSSR count). The molecule has 17 heavy (non-hydrogen) atoms. The Morgan fingerprint density at radius 2 is 2.18 bits per heavy atom. The summed E-state index contributed by atoms with van der Waals surface area (Å²) in [5.74, 6) is 1.76. The second-order valence-electron chi connectivity index (χ2n) is 5.79. The van der Waals surface area contributed by atoms with E-state index in [-0.39, 0.29) is 0 Å². The Labute approximate surface area is 105 Å². The van der Waals surface area contributed by atoms with E-state index in [2.05, 4.69) is 35.6 Å². The summed E-state index contributed by atoms with van der Waals surface area (Å²) in [6.45, 7) is 8.05. The molecule has 0 amide bonds. The SMILES string of the molecule is CC(Cn1ccnc1)NC1CCC(C)C(C)C1. The fourth-order valence-electron chi connectivity index (χ4n) is 2.86. The number of hydrogen-bond acceptors (Lipinski definition) is 2. The van der Waals surface area contributed by atoms with Crippen LogP contribution in [0.1, 0.15) is 40.0 Å². The van der Waals surface area contributed by atoms with E-state index in [0.717, 1.165) is 18.4 Å². The van der Waals surface area contributed by atoms with Crippen molar-refractivity contribution in [2.24, 2.45) is 11.8 Å². The summed E-state index contributed by atoms with van der Waals surface area (Å²) in [5.41, 5.74) is 0. The summed E-state index contributed by atoms with van der Waals surface area (Å²) in [6.07, 6.45) is 9.80. The summed E-state index contributed by atoms with van der Waals surface area (Å²) in [6, 6.07) is 1.23. The van der Waals surface area contributed by atoms with Gasteiger partial charge in [0, 0.05) is 31.0 Å². The highest BCUT2D eigenvalue weighted by Gasteiger charge is 2.25. The normalized spacial score (nSPS) is 31.4. The molecule has 4 atom stereocenters. The molecule has 0 aliphatic heterocycles. The maximum atomic E-state index is 4.08. The predicted molar refractivity (Wildman–Crippen MR) is 70.8 cm³/mol.